The fourth-order valence-electron chi connectivity index (χ4n) is 3.02. The SMILES string of the molecule is CC.CCCCCn1cnc2c1c(=O)n(CCOC(=O)c1cccnc1)c(=O)n2C. The summed E-state index contributed by atoms with van der Waals surface area (Å²) >= 11 is 0. The molecule has 0 saturated carbocycles. The maximum absolute atomic E-state index is 12.9. The number of hydrogen-bond acceptors (Lipinski definition) is 6. The minimum absolute atomic E-state index is 0.0341. The summed E-state index contributed by atoms with van der Waals surface area (Å²) in [5.41, 5.74) is 0.136. The van der Waals surface area contributed by atoms with Crippen LogP contribution >= 0.6 is 0 Å². The van der Waals surface area contributed by atoms with Crippen molar-refractivity contribution in [1.29, 1.82) is 0 Å². The van der Waals surface area contributed by atoms with Crippen LogP contribution in [0.4, 0.5) is 0 Å². The van der Waals surface area contributed by atoms with Crippen LogP contribution in [0.1, 0.15) is 50.4 Å². The number of rotatable bonds is 8. The predicted octanol–water partition coefficient (Wildman–Crippen LogP) is 2.37. The van der Waals surface area contributed by atoms with E-state index in [9.17, 15) is 14.4 Å². The number of ether oxygens (including phenoxy) is 1. The Morgan fingerprint density at radius 1 is 1.17 bits per heavy atom. The zero-order valence-corrected chi connectivity index (χ0v) is 18.0. The summed E-state index contributed by atoms with van der Waals surface area (Å²) in [6, 6.07) is 3.21. The van der Waals surface area contributed by atoms with Crippen molar-refractivity contribution in [3.63, 3.8) is 0 Å². The van der Waals surface area contributed by atoms with Gasteiger partial charge in [-0.05, 0) is 18.6 Å². The number of carbonyl (C=O) groups excluding carboxylic acids is 1. The number of hydrogen-bond donors (Lipinski definition) is 0. The molecule has 0 aliphatic carbocycles. The number of aryl methyl sites for hydroxylation is 2. The summed E-state index contributed by atoms with van der Waals surface area (Å²) in [5, 5.41) is 0. The lowest BCUT2D eigenvalue weighted by molar-refractivity contribution is 0.0488. The zero-order chi connectivity index (χ0) is 22.1. The van der Waals surface area contributed by atoms with E-state index in [4.69, 9.17) is 4.74 Å². The van der Waals surface area contributed by atoms with Gasteiger partial charge in [0, 0.05) is 26.0 Å². The lowest BCUT2D eigenvalue weighted by atomic mass is 10.2. The molecule has 0 radical (unpaired) electrons. The lowest BCUT2D eigenvalue weighted by Crippen LogP contribution is -2.40. The van der Waals surface area contributed by atoms with Crippen LogP contribution in [0.25, 0.3) is 11.2 Å². The molecule has 0 amide bonds. The fraction of sp³-hybridized carbons (Fsp3) is 0.476. The molecule has 3 aromatic rings. The normalized spacial score (nSPS) is 10.5. The number of pyridine rings is 1. The van der Waals surface area contributed by atoms with Gasteiger partial charge < -0.3 is 9.30 Å². The van der Waals surface area contributed by atoms with Crippen molar-refractivity contribution >= 4 is 17.1 Å². The van der Waals surface area contributed by atoms with Crippen molar-refractivity contribution in [3.8, 4) is 0 Å². The third kappa shape index (κ3) is 5.03. The number of unbranched alkanes of at least 4 members (excludes halogenated alkanes) is 2. The molecular formula is C21H29N5O4. The first-order valence-corrected chi connectivity index (χ1v) is 10.3. The van der Waals surface area contributed by atoms with Gasteiger partial charge in [0.1, 0.15) is 6.61 Å². The number of aromatic nitrogens is 5. The highest BCUT2D eigenvalue weighted by molar-refractivity contribution is 5.88. The van der Waals surface area contributed by atoms with Crippen LogP contribution in [0, 0.1) is 0 Å². The molecule has 0 spiro atoms. The summed E-state index contributed by atoms with van der Waals surface area (Å²) in [4.78, 5) is 45.5. The van der Waals surface area contributed by atoms with Gasteiger partial charge in [-0.2, -0.15) is 0 Å². The number of carbonyl (C=O) groups is 1. The molecule has 0 unspecified atom stereocenters. The molecule has 0 saturated heterocycles. The molecule has 0 N–H and O–H groups in total. The molecule has 9 heteroatoms. The average molecular weight is 415 g/mol. The number of imidazole rings is 1. The van der Waals surface area contributed by atoms with Crippen molar-refractivity contribution < 1.29 is 9.53 Å². The summed E-state index contributed by atoms with van der Waals surface area (Å²) in [6.07, 6.45) is 7.58. The highest BCUT2D eigenvalue weighted by atomic mass is 16.5. The Morgan fingerprint density at radius 3 is 2.60 bits per heavy atom. The van der Waals surface area contributed by atoms with E-state index in [-0.39, 0.29) is 13.2 Å². The average Bonchev–Trinajstić information content (AvgIpc) is 3.21. The first-order valence-electron chi connectivity index (χ1n) is 10.3. The van der Waals surface area contributed by atoms with Crippen LogP contribution in [0.15, 0.2) is 40.4 Å². The Morgan fingerprint density at radius 2 is 1.93 bits per heavy atom. The van der Waals surface area contributed by atoms with Crippen LogP contribution in [-0.4, -0.2) is 36.2 Å². The highest BCUT2D eigenvalue weighted by Crippen LogP contribution is 2.08. The van der Waals surface area contributed by atoms with Crippen LogP contribution in [0.5, 0.6) is 0 Å². The van der Waals surface area contributed by atoms with Gasteiger partial charge >= 0.3 is 11.7 Å². The molecule has 30 heavy (non-hydrogen) atoms. The minimum atomic E-state index is -0.552. The molecule has 162 valence electrons. The van der Waals surface area contributed by atoms with Crippen molar-refractivity contribution in [3.05, 3.63) is 57.3 Å². The first kappa shape index (κ1) is 23.1. The van der Waals surface area contributed by atoms with Gasteiger partial charge in [-0.3, -0.25) is 18.9 Å². The Kier molecular flexibility index (Phi) is 8.52. The maximum Gasteiger partial charge on any atom is 0.339 e. The molecule has 9 nitrogen and oxygen atoms in total. The van der Waals surface area contributed by atoms with Gasteiger partial charge in [0.15, 0.2) is 11.2 Å². The van der Waals surface area contributed by atoms with E-state index in [2.05, 4.69) is 16.9 Å². The Hall–Kier alpha value is -3.23. The number of esters is 1. The van der Waals surface area contributed by atoms with E-state index in [1.165, 1.54) is 10.8 Å². The lowest BCUT2D eigenvalue weighted by Gasteiger charge is -2.10. The van der Waals surface area contributed by atoms with E-state index in [0.717, 1.165) is 23.8 Å². The summed E-state index contributed by atoms with van der Waals surface area (Å²) < 4.78 is 9.38. The first-order chi connectivity index (χ1) is 14.5. The van der Waals surface area contributed by atoms with Gasteiger partial charge in [0.25, 0.3) is 5.56 Å². The van der Waals surface area contributed by atoms with Crippen LogP contribution in [0.2, 0.25) is 0 Å². The number of nitrogens with zero attached hydrogens (tertiary/aromatic N) is 5. The van der Waals surface area contributed by atoms with E-state index in [1.807, 2.05) is 13.8 Å². The highest BCUT2D eigenvalue weighted by Gasteiger charge is 2.16. The second kappa shape index (κ2) is 11.1. The Balaban J connectivity index is 0.00000155. The third-order valence-electron chi connectivity index (χ3n) is 4.55. The molecule has 0 aliphatic heterocycles. The fourth-order valence-corrected chi connectivity index (χ4v) is 3.02. The van der Waals surface area contributed by atoms with Gasteiger partial charge in [-0.25, -0.2) is 14.6 Å². The summed E-state index contributed by atoms with van der Waals surface area (Å²) in [5.74, 6) is -0.552. The molecular weight excluding hydrogens is 386 g/mol. The van der Waals surface area contributed by atoms with Gasteiger partial charge in [-0.15, -0.1) is 0 Å². The van der Waals surface area contributed by atoms with Crippen LogP contribution < -0.4 is 11.2 Å². The zero-order valence-electron chi connectivity index (χ0n) is 18.0. The Labute approximate surface area is 175 Å². The molecule has 0 atom stereocenters. The van der Waals surface area contributed by atoms with Gasteiger partial charge in [-0.1, -0.05) is 33.6 Å². The molecule has 3 heterocycles. The van der Waals surface area contributed by atoms with Crippen molar-refractivity contribution in [2.24, 2.45) is 7.05 Å². The molecule has 0 bridgehead atoms. The maximum atomic E-state index is 12.9. The van der Waals surface area contributed by atoms with Gasteiger partial charge in [0.05, 0.1) is 18.4 Å². The van der Waals surface area contributed by atoms with Crippen molar-refractivity contribution in [2.75, 3.05) is 6.61 Å². The molecule has 3 aromatic heterocycles. The third-order valence-corrected chi connectivity index (χ3v) is 4.55. The summed E-state index contributed by atoms with van der Waals surface area (Å²) in [7, 11) is 1.58. The van der Waals surface area contributed by atoms with Crippen molar-refractivity contribution in [2.45, 2.75) is 53.1 Å². The van der Waals surface area contributed by atoms with Crippen LogP contribution in [-0.2, 0) is 24.9 Å². The molecule has 0 fully saturated rings. The molecule has 3 rings (SSSR count). The van der Waals surface area contributed by atoms with Gasteiger partial charge in [0.2, 0.25) is 0 Å². The number of fused-ring (bicyclic) bond motifs is 1. The van der Waals surface area contributed by atoms with E-state index in [1.54, 1.807) is 36.3 Å². The standard InChI is InChI=1S/C19H23N5O4.C2H6/c1-3-4-5-9-23-13-21-16-15(23)17(25)24(19(27)22(16)2)10-11-28-18(26)14-7-6-8-20-12-14;1-2/h6-8,12-13H,3-5,9-11H2,1-2H3;1-2H3. The largest absolute Gasteiger partial charge is 0.460 e. The summed E-state index contributed by atoms with van der Waals surface area (Å²) in [6.45, 7) is 6.63. The predicted molar refractivity (Wildman–Crippen MR) is 115 cm³/mol. The quantitative estimate of drug-likeness (QED) is 0.413. The molecule has 0 aromatic carbocycles. The second-order valence-corrected chi connectivity index (χ2v) is 6.49. The van der Waals surface area contributed by atoms with E-state index >= 15 is 0 Å². The van der Waals surface area contributed by atoms with E-state index < -0.39 is 17.2 Å². The molecule has 0 aliphatic rings. The van der Waals surface area contributed by atoms with Crippen LogP contribution in [0.3, 0.4) is 0 Å². The monoisotopic (exact) mass is 415 g/mol. The van der Waals surface area contributed by atoms with E-state index in [0.29, 0.717) is 23.3 Å². The second-order valence-electron chi connectivity index (χ2n) is 6.49. The topological polar surface area (TPSA) is 101 Å². The smallest absolute Gasteiger partial charge is 0.339 e. The van der Waals surface area contributed by atoms with Crippen molar-refractivity contribution in [1.82, 2.24) is 23.7 Å². The minimum Gasteiger partial charge on any atom is -0.460 e. The Bertz CT molecular complexity index is 1080.